The number of H-pyrrole nitrogens is 1. The van der Waals surface area contributed by atoms with E-state index in [9.17, 15) is 17.3 Å². The van der Waals surface area contributed by atoms with Gasteiger partial charge < -0.3 is 22.0 Å². The Kier molecular flexibility index (Phi) is 6.84. The predicted octanol–water partition coefficient (Wildman–Crippen LogP) is 8.68. The predicted molar refractivity (Wildman–Crippen MR) is 154 cm³/mol. The third-order valence-corrected chi connectivity index (χ3v) is 6.66. The van der Waals surface area contributed by atoms with Crippen molar-refractivity contribution in [3.05, 3.63) is 121 Å². The Labute approximate surface area is 236 Å². The molecule has 0 radical (unpaired) electrons. The third-order valence-electron chi connectivity index (χ3n) is 6.43. The molecule has 0 unspecified atom stereocenters. The van der Waals surface area contributed by atoms with Crippen LogP contribution in [0.15, 0.2) is 116 Å². The van der Waals surface area contributed by atoms with Crippen molar-refractivity contribution in [3.8, 4) is 23.0 Å². The molecule has 7 aromatic rings. The zero-order valence-corrected chi connectivity index (χ0v) is 21.9. The highest BCUT2D eigenvalue weighted by atomic mass is 35.5. The van der Waals surface area contributed by atoms with Gasteiger partial charge in [0, 0.05) is 40.2 Å². The second kappa shape index (κ2) is 10.6. The van der Waals surface area contributed by atoms with E-state index >= 15 is 0 Å². The van der Waals surface area contributed by atoms with E-state index in [-0.39, 0.29) is 0 Å². The summed E-state index contributed by atoms with van der Waals surface area (Å²) >= 11 is 6.31. The van der Waals surface area contributed by atoms with Gasteiger partial charge in [-0.25, -0.2) is 9.97 Å². The second-order valence-corrected chi connectivity index (χ2v) is 9.56. The number of imidazole rings is 1. The summed E-state index contributed by atoms with van der Waals surface area (Å²) in [5, 5.41) is 2.92. The largest absolute Gasteiger partial charge is 0.673 e. The summed E-state index contributed by atoms with van der Waals surface area (Å²) in [6.45, 7) is 0. The fraction of sp³-hybridized carbons (Fsp3) is 0. The van der Waals surface area contributed by atoms with Crippen molar-refractivity contribution in [2.24, 2.45) is 0 Å². The van der Waals surface area contributed by atoms with Crippen molar-refractivity contribution in [3.63, 3.8) is 0 Å². The number of aromatic amines is 1. The van der Waals surface area contributed by atoms with Crippen LogP contribution in [0.1, 0.15) is 0 Å². The van der Waals surface area contributed by atoms with Gasteiger partial charge in [-0.2, -0.15) is 4.57 Å². The number of nitrogens with zero attached hydrogens (tertiary/aromatic N) is 3. The summed E-state index contributed by atoms with van der Waals surface area (Å²) in [4.78, 5) is 7.91. The Balaban J connectivity index is 0.000000559. The van der Waals surface area contributed by atoms with Crippen LogP contribution < -0.4 is 9.30 Å². The molecule has 0 aliphatic rings. The van der Waals surface area contributed by atoms with Crippen LogP contribution in [0.2, 0.25) is 5.02 Å². The van der Waals surface area contributed by atoms with Gasteiger partial charge in [0.05, 0.1) is 11.0 Å². The fourth-order valence-corrected chi connectivity index (χ4v) is 4.99. The summed E-state index contributed by atoms with van der Waals surface area (Å²) in [6, 6.07) is 34.4. The number of halogens is 5. The van der Waals surface area contributed by atoms with E-state index in [0.717, 1.165) is 55.8 Å². The molecule has 0 fully saturated rings. The Morgan fingerprint density at radius 2 is 1.49 bits per heavy atom. The Morgan fingerprint density at radius 3 is 2.32 bits per heavy atom. The van der Waals surface area contributed by atoms with E-state index in [4.69, 9.17) is 16.3 Å². The first-order valence-electron chi connectivity index (χ1n) is 12.5. The van der Waals surface area contributed by atoms with Gasteiger partial charge in [0.25, 0.3) is 0 Å². The maximum absolute atomic E-state index is 9.75. The van der Waals surface area contributed by atoms with Crippen LogP contribution in [0.4, 0.5) is 17.3 Å². The third kappa shape index (κ3) is 5.60. The van der Waals surface area contributed by atoms with Crippen molar-refractivity contribution < 1.29 is 26.6 Å². The molecule has 0 amide bonds. The molecule has 204 valence electrons. The number of hydrogen-bond acceptors (Lipinski definition) is 2. The maximum atomic E-state index is 9.75. The van der Waals surface area contributed by atoms with Crippen LogP contribution >= 0.6 is 11.6 Å². The number of benzene rings is 4. The average molecular weight is 575 g/mol. The number of hydrogen-bond donors (Lipinski definition) is 1. The average Bonchev–Trinajstić information content (AvgIpc) is 3.51. The van der Waals surface area contributed by atoms with Crippen molar-refractivity contribution in [2.45, 2.75) is 0 Å². The van der Waals surface area contributed by atoms with Gasteiger partial charge in [-0.15, -0.1) is 0 Å². The quantitative estimate of drug-likeness (QED) is 0.130. The van der Waals surface area contributed by atoms with Crippen LogP contribution in [0.25, 0.3) is 44.3 Å². The van der Waals surface area contributed by atoms with Crippen LogP contribution in [-0.2, 0) is 0 Å². The number of para-hydroxylation sites is 3. The molecule has 41 heavy (non-hydrogen) atoms. The second-order valence-electron chi connectivity index (χ2n) is 9.12. The molecule has 0 aliphatic carbocycles. The highest BCUT2D eigenvalue weighted by Crippen LogP contribution is 2.35. The van der Waals surface area contributed by atoms with Crippen molar-refractivity contribution >= 4 is 51.7 Å². The molecular formula is C30H20BClF4N4O. The van der Waals surface area contributed by atoms with Crippen molar-refractivity contribution in [2.75, 3.05) is 0 Å². The number of aromatic nitrogens is 4. The monoisotopic (exact) mass is 574 g/mol. The first kappa shape index (κ1) is 26.4. The first-order valence-corrected chi connectivity index (χ1v) is 12.9. The Bertz CT molecular complexity index is 2020. The Hall–Kier alpha value is -4.83. The summed E-state index contributed by atoms with van der Waals surface area (Å²) in [5.74, 6) is 2.27. The zero-order chi connectivity index (χ0) is 28.6. The molecule has 1 N–H and O–H groups in total. The Morgan fingerprint density at radius 1 is 0.756 bits per heavy atom. The summed E-state index contributed by atoms with van der Waals surface area (Å²) in [5.41, 5.74) is 5.28. The fourth-order valence-electron chi connectivity index (χ4n) is 4.83. The minimum Gasteiger partial charge on any atom is -0.457 e. The molecule has 3 heterocycles. The molecule has 0 atom stereocenters. The molecule has 3 aromatic heterocycles. The SMILES string of the molecule is Clc1ccnc(-n2c3ccccc3c3ccc(Oc4cccc(-[n+]5c[nH]c6ccccc65)c4)cc32)c1.F[B-](F)(F)F. The molecule has 11 heteroatoms. The van der Waals surface area contributed by atoms with E-state index in [0.29, 0.717) is 5.02 Å². The van der Waals surface area contributed by atoms with Gasteiger partial charge in [-0.05, 0) is 48.5 Å². The van der Waals surface area contributed by atoms with Crippen LogP contribution in [-0.4, -0.2) is 21.8 Å². The number of nitrogens with one attached hydrogen (secondary N) is 1. The molecule has 0 aliphatic heterocycles. The van der Waals surface area contributed by atoms with Crippen LogP contribution in [0, 0.1) is 0 Å². The van der Waals surface area contributed by atoms with Gasteiger partial charge in [0.2, 0.25) is 6.33 Å². The summed E-state index contributed by atoms with van der Waals surface area (Å²) in [7, 11) is -6.00. The van der Waals surface area contributed by atoms with Crippen LogP contribution in [0.3, 0.4) is 0 Å². The van der Waals surface area contributed by atoms with Gasteiger partial charge in [-0.3, -0.25) is 4.57 Å². The van der Waals surface area contributed by atoms with Crippen LogP contribution in [0.5, 0.6) is 11.5 Å². The molecular weight excluding hydrogens is 555 g/mol. The number of ether oxygens (including phenoxy) is 1. The molecule has 0 bridgehead atoms. The highest BCUT2D eigenvalue weighted by Gasteiger charge is 2.20. The summed E-state index contributed by atoms with van der Waals surface area (Å²) < 4.78 is 49.6. The van der Waals surface area contributed by atoms with Crippen molar-refractivity contribution in [1.82, 2.24) is 14.5 Å². The lowest BCUT2D eigenvalue weighted by Gasteiger charge is -2.09. The van der Waals surface area contributed by atoms with E-state index < -0.39 is 7.25 Å². The molecule has 4 aromatic carbocycles. The van der Waals surface area contributed by atoms with Gasteiger partial charge in [0.1, 0.15) is 23.0 Å². The van der Waals surface area contributed by atoms with E-state index in [2.05, 4.69) is 67.6 Å². The molecule has 7 rings (SSSR count). The lowest BCUT2D eigenvalue weighted by Crippen LogP contribution is -2.28. The van der Waals surface area contributed by atoms with Crippen molar-refractivity contribution in [1.29, 1.82) is 0 Å². The molecule has 5 nitrogen and oxygen atoms in total. The zero-order valence-electron chi connectivity index (χ0n) is 21.2. The molecule has 0 spiro atoms. The lowest BCUT2D eigenvalue weighted by atomic mass is 10.1. The normalized spacial score (nSPS) is 11.5. The highest BCUT2D eigenvalue weighted by molar-refractivity contribution is 6.50. The molecule has 0 saturated heterocycles. The minimum atomic E-state index is -6.00. The van der Waals surface area contributed by atoms with Gasteiger partial charge >= 0.3 is 7.25 Å². The number of fused-ring (bicyclic) bond motifs is 4. The standard InChI is InChI=1S/C30H19ClN4O.BF4/c31-20-14-15-32-30(16-20)35-27-10-3-1-8-24(27)25-13-12-23(18-29(25)35)36-22-7-5-6-21(17-22)34-19-33-26-9-2-4-11-28(26)34;2-1(3,4)5/h1-19H;/q;-1/p+1. The van der Waals surface area contributed by atoms with Gasteiger partial charge in [-0.1, -0.05) is 48.0 Å². The summed E-state index contributed by atoms with van der Waals surface area (Å²) in [6.07, 6.45) is 3.69. The van der Waals surface area contributed by atoms with Gasteiger partial charge in [0.15, 0.2) is 11.0 Å². The topological polar surface area (TPSA) is 46.7 Å². The van der Waals surface area contributed by atoms with E-state index in [1.807, 2.05) is 54.9 Å². The maximum Gasteiger partial charge on any atom is 0.673 e. The smallest absolute Gasteiger partial charge is 0.457 e. The van der Waals surface area contributed by atoms with E-state index in [1.165, 1.54) is 0 Å². The number of pyridine rings is 1. The number of rotatable bonds is 4. The van der Waals surface area contributed by atoms with E-state index in [1.54, 1.807) is 12.3 Å². The lowest BCUT2D eigenvalue weighted by molar-refractivity contribution is -0.567. The minimum absolute atomic E-state index is 0.643. The molecule has 0 saturated carbocycles. The first-order chi connectivity index (χ1) is 19.7.